The molecule has 0 saturated carbocycles. The molecule has 6 nitrogen and oxygen atoms in total. The summed E-state index contributed by atoms with van der Waals surface area (Å²) in [5.41, 5.74) is -2.91. The number of carboxylic acid groups (broad SMARTS) is 1. The summed E-state index contributed by atoms with van der Waals surface area (Å²) in [7, 11) is 0. The molecular formula is C13H17F3N2O4. The number of aliphatic carboxylic acids is 1. The Bertz CT molecular complexity index is 508. The number of hydrogen-bond acceptors (Lipinski definition) is 3. The van der Waals surface area contributed by atoms with Crippen molar-refractivity contribution in [2.24, 2.45) is 11.3 Å². The topological polar surface area (TPSA) is 77.9 Å². The van der Waals surface area contributed by atoms with Gasteiger partial charge >= 0.3 is 12.1 Å². The Morgan fingerprint density at radius 2 is 2.05 bits per heavy atom. The van der Waals surface area contributed by atoms with Crippen LogP contribution in [0.1, 0.15) is 19.8 Å². The average molecular weight is 322 g/mol. The van der Waals surface area contributed by atoms with E-state index in [1.165, 1.54) is 4.90 Å². The van der Waals surface area contributed by atoms with E-state index in [4.69, 9.17) is 5.11 Å². The lowest BCUT2D eigenvalue weighted by Crippen LogP contribution is -2.48. The fourth-order valence-corrected chi connectivity index (χ4v) is 3.03. The third-order valence-electron chi connectivity index (χ3n) is 4.48. The standard InChI is InChI=1S/C13H17F3N2O4/c1-2-17-6-8(5-9(17)19)10(20)18-4-3-12(7-18,11(21)22)13(14,15)16/h8H,2-7H2,1H3,(H,21,22). The Balaban J connectivity index is 2.11. The van der Waals surface area contributed by atoms with Gasteiger partial charge in [0.2, 0.25) is 11.8 Å². The number of halogens is 3. The van der Waals surface area contributed by atoms with E-state index in [0.29, 0.717) is 6.54 Å². The lowest BCUT2D eigenvalue weighted by molar-refractivity contribution is -0.227. The Kier molecular flexibility index (Phi) is 4.09. The summed E-state index contributed by atoms with van der Waals surface area (Å²) in [4.78, 5) is 37.4. The fourth-order valence-electron chi connectivity index (χ4n) is 3.03. The van der Waals surface area contributed by atoms with Gasteiger partial charge in [-0.1, -0.05) is 0 Å². The van der Waals surface area contributed by atoms with Gasteiger partial charge in [-0.25, -0.2) is 0 Å². The van der Waals surface area contributed by atoms with Crippen LogP contribution in [0.3, 0.4) is 0 Å². The van der Waals surface area contributed by atoms with E-state index in [9.17, 15) is 27.6 Å². The molecule has 2 aliphatic rings. The summed E-state index contributed by atoms with van der Waals surface area (Å²) in [6, 6.07) is 0. The molecule has 9 heteroatoms. The van der Waals surface area contributed by atoms with Crippen LogP contribution in [0.2, 0.25) is 0 Å². The number of nitrogens with zero attached hydrogens (tertiary/aromatic N) is 2. The number of likely N-dealkylation sites (tertiary alicyclic amines) is 2. The summed E-state index contributed by atoms with van der Waals surface area (Å²) in [5, 5.41) is 8.97. The molecule has 22 heavy (non-hydrogen) atoms. The van der Waals surface area contributed by atoms with E-state index in [0.717, 1.165) is 4.90 Å². The molecule has 2 aliphatic heterocycles. The maximum absolute atomic E-state index is 13.1. The first-order valence-electron chi connectivity index (χ1n) is 6.99. The minimum Gasteiger partial charge on any atom is -0.481 e. The van der Waals surface area contributed by atoms with Crippen LogP contribution in [0.15, 0.2) is 0 Å². The van der Waals surface area contributed by atoms with Crippen molar-refractivity contribution in [3.8, 4) is 0 Å². The summed E-state index contributed by atoms with van der Waals surface area (Å²) in [6.45, 7) is 1.21. The molecule has 2 unspecified atom stereocenters. The van der Waals surface area contributed by atoms with E-state index in [1.54, 1.807) is 6.92 Å². The first-order valence-corrected chi connectivity index (χ1v) is 6.99. The highest BCUT2D eigenvalue weighted by molar-refractivity contribution is 5.90. The highest BCUT2D eigenvalue weighted by Gasteiger charge is 2.64. The number of carboxylic acids is 1. The number of carbonyl (C=O) groups excluding carboxylic acids is 2. The van der Waals surface area contributed by atoms with Gasteiger partial charge in [-0.3, -0.25) is 14.4 Å². The molecule has 2 atom stereocenters. The number of amides is 2. The minimum absolute atomic E-state index is 0.0325. The molecular weight excluding hydrogens is 305 g/mol. The average Bonchev–Trinajstić information content (AvgIpc) is 3.01. The second kappa shape index (κ2) is 5.44. The maximum Gasteiger partial charge on any atom is 0.406 e. The highest BCUT2D eigenvalue weighted by atomic mass is 19.4. The summed E-state index contributed by atoms with van der Waals surface area (Å²) < 4.78 is 39.2. The zero-order valence-corrected chi connectivity index (χ0v) is 12.0. The Labute approximate surface area is 124 Å². The first-order chi connectivity index (χ1) is 10.1. The van der Waals surface area contributed by atoms with Gasteiger partial charge in [-0.2, -0.15) is 13.2 Å². The Hall–Kier alpha value is -1.80. The molecule has 124 valence electrons. The molecule has 2 fully saturated rings. The van der Waals surface area contributed by atoms with Crippen molar-refractivity contribution < 1.29 is 32.7 Å². The van der Waals surface area contributed by atoms with Crippen molar-refractivity contribution in [1.82, 2.24) is 9.80 Å². The Morgan fingerprint density at radius 1 is 1.41 bits per heavy atom. The quantitative estimate of drug-likeness (QED) is 0.830. The SMILES string of the molecule is CCN1CC(C(=O)N2CCC(C(=O)O)(C(F)(F)F)C2)CC1=O. The van der Waals surface area contributed by atoms with Gasteiger partial charge in [0.15, 0.2) is 5.41 Å². The molecule has 0 spiro atoms. The van der Waals surface area contributed by atoms with E-state index < -0.39 is 42.4 Å². The first kappa shape index (κ1) is 16.6. The molecule has 0 aromatic heterocycles. The molecule has 1 N–H and O–H groups in total. The summed E-state index contributed by atoms with van der Waals surface area (Å²) in [5.74, 6) is -3.43. The van der Waals surface area contributed by atoms with Crippen LogP contribution in [-0.4, -0.2) is 65.0 Å². The van der Waals surface area contributed by atoms with E-state index in [1.807, 2.05) is 0 Å². The number of hydrogen-bond donors (Lipinski definition) is 1. The van der Waals surface area contributed by atoms with Gasteiger partial charge in [0.05, 0.1) is 5.92 Å². The number of rotatable bonds is 3. The molecule has 0 aliphatic carbocycles. The number of carbonyl (C=O) groups is 3. The lowest BCUT2D eigenvalue weighted by Gasteiger charge is -2.28. The molecule has 0 bridgehead atoms. The second-order valence-electron chi connectivity index (χ2n) is 5.73. The van der Waals surface area contributed by atoms with Gasteiger partial charge in [0.25, 0.3) is 0 Å². The van der Waals surface area contributed by atoms with Gasteiger partial charge in [0.1, 0.15) is 0 Å². The van der Waals surface area contributed by atoms with E-state index >= 15 is 0 Å². The summed E-state index contributed by atoms with van der Waals surface area (Å²) >= 11 is 0. The normalized spacial score (nSPS) is 29.3. The maximum atomic E-state index is 13.1. The van der Waals surface area contributed by atoms with Crippen molar-refractivity contribution >= 4 is 17.8 Å². The smallest absolute Gasteiger partial charge is 0.406 e. The molecule has 0 radical (unpaired) electrons. The fraction of sp³-hybridized carbons (Fsp3) is 0.769. The van der Waals surface area contributed by atoms with Crippen LogP contribution >= 0.6 is 0 Å². The zero-order chi connectivity index (χ0) is 16.7. The second-order valence-corrected chi connectivity index (χ2v) is 5.73. The van der Waals surface area contributed by atoms with Crippen molar-refractivity contribution in [3.05, 3.63) is 0 Å². The predicted octanol–water partition coefficient (Wildman–Crippen LogP) is 0.720. The Morgan fingerprint density at radius 3 is 2.45 bits per heavy atom. The van der Waals surface area contributed by atoms with Crippen molar-refractivity contribution in [2.45, 2.75) is 25.9 Å². The third-order valence-corrected chi connectivity index (χ3v) is 4.48. The van der Waals surface area contributed by atoms with Crippen LogP contribution in [0.25, 0.3) is 0 Å². The van der Waals surface area contributed by atoms with Gasteiger partial charge < -0.3 is 14.9 Å². The largest absolute Gasteiger partial charge is 0.481 e. The van der Waals surface area contributed by atoms with E-state index in [2.05, 4.69) is 0 Å². The molecule has 2 saturated heterocycles. The molecule has 2 rings (SSSR count). The predicted molar refractivity (Wildman–Crippen MR) is 67.7 cm³/mol. The van der Waals surface area contributed by atoms with Gasteiger partial charge in [-0.15, -0.1) is 0 Å². The van der Waals surface area contributed by atoms with E-state index in [-0.39, 0.29) is 25.4 Å². The zero-order valence-electron chi connectivity index (χ0n) is 12.0. The van der Waals surface area contributed by atoms with Gasteiger partial charge in [0, 0.05) is 32.6 Å². The lowest BCUT2D eigenvalue weighted by atomic mass is 9.86. The van der Waals surface area contributed by atoms with Crippen LogP contribution in [0.4, 0.5) is 13.2 Å². The van der Waals surface area contributed by atoms with Crippen LogP contribution < -0.4 is 0 Å². The van der Waals surface area contributed by atoms with Crippen LogP contribution in [0, 0.1) is 11.3 Å². The summed E-state index contributed by atoms with van der Waals surface area (Å²) in [6.07, 6.45) is -5.61. The van der Waals surface area contributed by atoms with Crippen molar-refractivity contribution in [3.63, 3.8) is 0 Å². The number of alkyl halides is 3. The monoisotopic (exact) mass is 322 g/mol. The molecule has 2 amide bonds. The van der Waals surface area contributed by atoms with Gasteiger partial charge in [-0.05, 0) is 13.3 Å². The molecule has 0 aromatic carbocycles. The molecule has 0 aromatic rings. The van der Waals surface area contributed by atoms with Crippen LogP contribution in [-0.2, 0) is 14.4 Å². The highest BCUT2D eigenvalue weighted by Crippen LogP contribution is 2.46. The van der Waals surface area contributed by atoms with Crippen LogP contribution in [0.5, 0.6) is 0 Å². The van der Waals surface area contributed by atoms with Crippen molar-refractivity contribution in [1.29, 1.82) is 0 Å². The molecule has 2 heterocycles. The minimum atomic E-state index is -4.92. The van der Waals surface area contributed by atoms with Crippen molar-refractivity contribution in [2.75, 3.05) is 26.2 Å². The third kappa shape index (κ3) is 2.52.